The van der Waals surface area contributed by atoms with E-state index in [1.54, 1.807) is 23.3 Å². The quantitative estimate of drug-likeness (QED) is 0.938. The summed E-state index contributed by atoms with van der Waals surface area (Å²) in [7, 11) is 3.56. The van der Waals surface area contributed by atoms with Crippen LogP contribution < -0.4 is 5.73 Å². The third-order valence-electron chi connectivity index (χ3n) is 4.23. The molecule has 2 heterocycles. The number of nitrogens with two attached hydrogens (primary N) is 1. The fourth-order valence-electron chi connectivity index (χ4n) is 3.04. The number of amides is 1. The van der Waals surface area contributed by atoms with Gasteiger partial charge in [0.05, 0.1) is 16.9 Å². The lowest BCUT2D eigenvalue weighted by Crippen LogP contribution is -2.32. The first-order valence-electron chi connectivity index (χ1n) is 7.46. The lowest BCUT2D eigenvalue weighted by Gasteiger charge is -2.26. The molecule has 2 N–H and O–H groups in total. The van der Waals surface area contributed by atoms with Crippen molar-refractivity contribution >= 4 is 23.1 Å². The summed E-state index contributed by atoms with van der Waals surface area (Å²) in [5.41, 5.74) is 7.55. The van der Waals surface area contributed by atoms with Crippen LogP contribution in [-0.2, 0) is 13.5 Å². The van der Waals surface area contributed by atoms with Gasteiger partial charge in [-0.05, 0) is 26.2 Å². The fraction of sp³-hybridized carbons (Fsp3) is 0.533. The highest BCUT2D eigenvalue weighted by molar-refractivity contribution is 7.11. The summed E-state index contributed by atoms with van der Waals surface area (Å²) in [6.07, 6.45) is 4.89. The molecule has 0 saturated carbocycles. The van der Waals surface area contributed by atoms with E-state index in [0.29, 0.717) is 23.8 Å². The van der Waals surface area contributed by atoms with Crippen LogP contribution in [0, 0.1) is 6.92 Å². The number of rotatable bonds is 3. The van der Waals surface area contributed by atoms with E-state index in [-0.39, 0.29) is 5.91 Å². The molecule has 1 amide bonds. The molecule has 0 bridgehead atoms. The molecule has 0 aromatic carbocycles. The topological polar surface area (TPSA) is 77.0 Å². The molecule has 22 heavy (non-hydrogen) atoms. The summed E-state index contributed by atoms with van der Waals surface area (Å²) >= 11 is 1.78. The zero-order valence-corrected chi connectivity index (χ0v) is 14.0. The van der Waals surface area contributed by atoms with E-state index in [1.807, 2.05) is 14.0 Å². The van der Waals surface area contributed by atoms with Gasteiger partial charge in [0.2, 0.25) is 0 Å². The minimum atomic E-state index is -0.0790. The van der Waals surface area contributed by atoms with Gasteiger partial charge in [0.1, 0.15) is 11.4 Å². The van der Waals surface area contributed by atoms with Crippen LogP contribution in [0.3, 0.4) is 0 Å². The predicted molar refractivity (Wildman–Crippen MR) is 87.1 cm³/mol. The van der Waals surface area contributed by atoms with Gasteiger partial charge < -0.3 is 10.6 Å². The molecule has 7 heteroatoms. The molecule has 2 aromatic heterocycles. The van der Waals surface area contributed by atoms with E-state index >= 15 is 0 Å². The molecule has 1 aliphatic carbocycles. The predicted octanol–water partition coefficient (Wildman–Crippen LogP) is 1.96. The van der Waals surface area contributed by atoms with Gasteiger partial charge in [-0.25, -0.2) is 4.98 Å². The van der Waals surface area contributed by atoms with Crippen molar-refractivity contribution in [2.24, 2.45) is 7.05 Å². The lowest BCUT2D eigenvalue weighted by molar-refractivity contribution is 0.0784. The minimum Gasteiger partial charge on any atom is -0.383 e. The van der Waals surface area contributed by atoms with Crippen LogP contribution in [0.4, 0.5) is 5.82 Å². The van der Waals surface area contributed by atoms with Crippen molar-refractivity contribution in [3.8, 4) is 0 Å². The number of likely N-dealkylation sites (N-methyl/N-ethyl adjacent to an activating group) is 1. The number of aryl methyl sites for hydroxylation is 3. The van der Waals surface area contributed by atoms with Gasteiger partial charge in [-0.2, -0.15) is 5.10 Å². The highest BCUT2D eigenvalue weighted by atomic mass is 32.1. The van der Waals surface area contributed by atoms with Gasteiger partial charge in [0.15, 0.2) is 0 Å². The maximum atomic E-state index is 12.5. The van der Waals surface area contributed by atoms with E-state index in [4.69, 9.17) is 5.73 Å². The first kappa shape index (κ1) is 15.0. The monoisotopic (exact) mass is 319 g/mol. The first-order chi connectivity index (χ1) is 10.5. The number of hydrogen-bond donors (Lipinski definition) is 1. The van der Waals surface area contributed by atoms with Crippen molar-refractivity contribution in [1.29, 1.82) is 0 Å². The van der Waals surface area contributed by atoms with Crippen LogP contribution >= 0.6 is 11.3 Å². The van der Waals surface area contributed by atoms with E-state index in [9.17, 15) is 4.79 Å². The summed E-state index contributed by atoms with van der Waals surface area (Å²) in [5, 5.41) is 5.15. The van der Waals surface area contributed by atoms with Crippen LogP contribution in [0.5, 0.6) is 0 Å². The number of nitrogen functional groups attached to an aromatic ring is 1. The van der Waals surface area contributed by atoms with Crippen molar-refractivity contribution in [3.63, 3.8) is 0 Å². The number of anilines is 1. The smallest absolute Gasteiger partial charge is 0.258 e. The SMILES string of the molecule is Cc1nc2c(s1)CCC[C@H]2CN(C)C(=O)c1cnn(C)c1N. The van der Waals surface area contributed by atoms with E-state index in [1.165, 1.54) is 21.4 Å². The van der Waals surface area contributed by atoms with Crippen LogP contribution in [0.1, 0.15) is 44.7 Å². The molecule has 2 aromatic rings. The normalized spacial score (nSPS) is 17.3. The Labute approximate surface area is 133 Å². The number of aromatic nitrogens is 3. The lowest BCUT2D eigenvalue weighted by atomic mass is 9.90. The number of hydrogen-bond acceptors (Lipinski definition) is 5. The summed E-state index contributed by atoms with van der Waals surface area (Å²) < 4.78 is 1.52. The average molecular weight is 319 g/mol. The van der Waals surface area contributed by atoms with E-state index in [2.05, 4.69) is 10.1 Å². The largest absolute Gasteiger partial charge is 0.383 e. The van der Waals surface area contributed by atoms with Gasteiger partial charge >= 0.3 is 0 Å². The third kappa shape index (κ3) is 2.61. The zero-order chi connectivity index (χ0) is 15.9. The maximum absolute atomic E-state index is 12.5. The Morgan fingerprint density at radius 3 is 3.05 bits per heavy atom. The molecule has 6 nitrogen and oxygen atoms in total. The van der Waals surface area contributed by atoms with Crippen molar-refractivity contribution in [2.75, 3.05) is 19.3 Å². The van der Waals surface area contributed by atoms with Crippen molar-refractivity contribution < 1.29 is 4.79 Å². The van der Waals surface area contributed by atoms with Gasteiger partial charge in [0, 0.05) is 31.4 Å². The molecule has 0 radical (unpaired) electrons. The number of fused-ring (bicyclic) bond motifs is 1. The third-order valence-corrected chi connectivity index (χ3v) is 5.28. The molecule has 0 unspecified atom stereocenters. The number of carbonyl (C=O) groups excluding carboxylic acids is 1. The highest BCUT2D eigenvalue weighted by Gasteiger charge is 2.27. The Morgan fingerprint density at radius 1 is 1.59 bits per heavy atom. The standard InChI is InChI=1S/C15H21N5OS/c1-9-18-13-10(5-4-6-12(13)22-9)8-19(2)15(21)11-7-17-20(3)14(11)16/h7,10H,4-6,8,16H2,1-3H3/t10-/m0/s1. The summed E-state index contributed by atoms with van der Waals surface area (Å²) in [5.74, 6) is 0.649. The van der Waals surface area contributed by atoms with E-state index < -0.39 is 0 Å². The molecule has 118 valence electrons. The van der Waals surface area contributed by atoms with Gasteiger partial charge in [-0.3, -0.25) is 9.48 Å². The maximum Gasteiger partial charge on any atom is 0.258 e. The van der Waals surface area contributed by atoms with Crippen LogP contribution in [0.15, 0.2) is 6.20 Å². The average Bonchev–Trinajstić information content (AvgIpc) is 3.02. The molecule has 0 saturated heterocycles. The van der Waals surface area contributed by atoms with Crippen LogP contribution in [-0.4, -0.2) is 39.2 Å². The Hall–Kier alpha value is -1.89. The molecule has 1 atom stereocenters. The van der Waals surface area contributed by atoms with Gasteiger partial charge in [0.25, 0.3) is 5.91 Å². The van der Waals surface area contributed by atoms with Gasteiger partial charge in [-0.15, -0.1) is 11.3 Å². The number of thiazole rings is 1. The molecule has 1 aliphatic rings. The molecular formula is C15H21N5OS. The molecule has 0 spiro atoms. The zero-order valence-electron chi connectivity index (χ0n) is 13.2. The first-order valence-corrected chi connectivity index (χ1v) is 8.28. The van der Waals surface area contributed by atoms with Crippen LogP contribution in [0.25, 0.3) is 0 Å². The minimum absolute atomic E-state index is 0.0790. The Balaban J connectivity index is 1.76. The van der Waals surface area contributed by atoms with E-state index in [0.717, 1.165) is 24.3 Å². The van der Waals surface area contributed by atoms with Crippen LogP contribution in [0.2, 0.25) is 0 Å². The summed E-state index contributed by atoms with van der Waals surface area (Å²) in [4.78, 5) is 20.3. The van der Waals surface area contributed by atoms with Crippen molar-refractivity contribution in [1.82, 2.24) is 19.7 Å². The molecular weight excluding hydrogens is 298 g/mol. The Kier molecular flexibility index (Phi) is 3.90. The molecule has 0 fully saturated rings. The molecule has 3 rings (SSSR count). The number of nitrogens with zero attached hydrogens (tertiary/aromatic N) is 4. The fourth-order valence-corrected chi connectivity index (χ4v) is 4.10. The second-order valence-corrected chi connectivity index (χ2v) is 7.17. The second kappa shape index (κ2) is 5.72. The summed E-state index contributed by atoms with van der Waals surface area (Å²) in [6.45, 7) is 2.72. The van der Waals surface area contributed by atoms with Gasteiger partial charge in [-0.1, -0.05) is 0 Å². The summed E-state index contributed by atoms with van der Waals surface area (Å²) in [6, 6.07) is 0. The van der Waals surface area contributed by atoms with Crippen molar-refractivity contribution in [3.05, 3.63) is 27.3 Å². The Bertz CT molecular complexity index is 705. The highest BCUT2D eigenvalue weighted by Crippen LogP contribution is 2.35. The Morgan fingerprint density at radius 2 is 2.36 bits per heavy atom. The van der Waals surface area contributed by atoms with Crippen molar-refractivity contribution in [2.45, 2.75) is 32.1 Å². The molecule has 0 aliphatic heterocycles. The second-order valence-electron chi connectivity index (χ2n) is 5.88. The number of carbonyl (C=O) groups is 1.